The van der Waals surface area contributed by atoms with Gasteiger partial charge < -0.3 is 5.32 Å². The molecule has 0 fully saturated rings. The summed E-state index contributed by atoms with van der Waals surface area (Å²) >= 11 is 9.32. The van der Waals surface area contributed by atoms with Crippen LogP contribution in [0, 0.1) is 0 Å². The highest BCUT2D eigenvalue weighted by molar-refractivity contribution is 9.10. The lowest BCUT2D eigenvalue weighted by Crippen LogP contribution is -2.12. The average Bonchev–Trinajstić information content (AvgIpc) is 2.32. The van der Waals surface area contributed by atoms with Crippen molar-refractivity contribution in [2.24, 2.45) is 0 Å². The zero-order chi connectivity index (χ0) is 12.3. The van der Waals surface area contributed by atoms with Crippen LogP contribution in [0.4, 0.5) is 5.69 Å². The molecule has 0 radical (unpaired) electrons. The van der Waals surface area contributed by atoms with Crippen LogP contribution >= 0.6 is 27.5 Å². The number of hydrogen-bond acceptors (Lipinski definition) is 1. The van der Waals surface area contributed by atoms with E-state index < -0.39 is 0 Å². The summed E-state index contributed by atoms with van der Waals surface area (Å²) in [5, 5.41) is 3.24. The topological polar surface area (TPSA) is 29.1 Å². The molecule has 0 aliphatic heterocycles. The third kappa shape index (κ3) is 2.87. The highest BCUT2D eigenvalue weighted by Crippen LogP contribution is 2.23. The molecule has 0 aromatic heterocycles. The van der Waals surface area contributed by atoms with Gasteiger partial charge in [0.15, 0.2) is 0 Å². The van der Waals surface area contributed by atoms with E-state index in [0.717, 1.165) is 10.2 Å². The molecular formula is C13H9BrClNO. The summed E-state index contributed by atoms with van der Waals surface area (Å²) < 4.78 is 0.834. The molecule has 1 N–H and O–H groups in total. The van der Waals surface area contributed by atoms with Crippen molar-refractivity contribution in [1.29, 1.82) is 0 Å². The van der Waals surface area contributed by atoms with Crippen LogP contribution in [0.5, 0.6) is 0 Å². The number of hydrogen-bond donors (Lipinski definition) is 1. The lowest BCUT2D eigenvalue weighted by Gasteiger charge is -2.08. The minimum absolute atomic E-state index is 0.220. The van der Waals surface area contributed by atoms with Crippen LogP contribution in [0.1, 0.15) is 10.4 Å². The van der Waals surface area contributed by atoms with Crippen LogP contribution in [0.2, 0.25) is 5.02 Å². The van der Waals surface area contributed by atoms with Crippen molar-refractivity contribution >= 4 is 39.1 Å². The summed E-state index contributed by atoms with van der Waals surface area (Å²) in [6, 6.07) is 14.4. The van der Waals surface area contributed by atoms with Gasteiger partial charge in [-0.25, -0.2) is 0 Å². The van der Waals surface area contributed by atoms with E-state index in [4.69, 9.17) is 11.6 Å². The minimum Gasteiger partial charge on any atom is -0.321 e. The van der Waals surface area contributed by atoms with Gasteiger partial charge in [-0.15, -0.1) is 0 Å². The molecule has 0 bridgehead atoms. The van der Waals surface area contributed by atoms with E-state index >= 15 is 0 Å². The molecular weight excluding hydrogens is 302 g/mol. The minimum atomic E-state index is -0.220. The number of halogens is 2. The van der Waals surface area contributed by atoms with Crippen LogP contribution in [-0.4, -0.2) is 5.91 Å². The Hall–Kier alpha value is -1.32. The Labute approximate surface area is 113 Å². The summed E-state index contributed by atoms with van der Waals surface area (Å²) in [5.74, 6) is -0.220. The van der Waals surface area contributed by atoms with Crippen LogP contribution in [-0.2, 0) is 0 Å². The second kappa shape index (κ2) is 5.34. The van der Waals surface area contributed by atoms with Gasteiger partial charge in [-0.2, -0.15) is 0 Å². The zero-order valence-electron chi connectivity index (χ0n) is 8.78. The van der Waals surface area contributed by atoms with Gasteiger partial charge in [0.2, 0.25) is 0 Å². The molecule has 4 heteroatoms. The predicted octanol–water partition coefficient (Wildman–Crippen LogP) is 4.35. The van der Waals surface area contributed by atoms with Crippen molar-refractivity contribution in [1.82, 2.24) is 0 Å². The van der Waals surface area contributed by atoms with Crippen molar-refractivity contribution in [3.63, 3.8) is 0 Å². The number of anilines is 1. The number of nitrogens with one attached hydrogen (secondary N) is 1. The van der Waals surface area contributed by atoms with E-state index in [-0.39, 0.29) is 5.91 Å². The lowest BCUT2D eigenvalue weighted by molar-refractivity contribution is 0.102. The quantitative estimate of drug-likeness (QED) is 0.877. The SMILES string of the molecule is O=C(Nc1ccccc1Br)c1ccccc1Cl. The molecule has 2 nitrogen and oxygen atoms in total. The Kier molecular flexibility index (Phi) is 3.82. The highest BCUT2D eigenvalue weighted by atomic mass is 79.9. The van der Waals surface area contributed by atoms with E-state index in [1.807, 2.05) is 24.3 Å². The van der Waals surface area contributed by atoms with Gasteiger partial charge in [-0.3, -0.25) is 4.79 Å². The summed E-state index contributed by atoms with van der Waals surface area (Å²) in [5.41, 5.74) is 1.18. The van der Waals surface area contributed by atoms with Gasteiger partial charge >= 0.3 is 0 Å². The van der Waals surface area contributed by atoms with Gasteiger partial charge in [-0.05, 0) is 40.2 Å². The summed E-state index contributed by atoms with van der Waals surface area (Å²) in [6.45, 7) is 0. The maximum Gasteiger partial charge on any atom is 0.257 e. The first-order chi connectivity index (χ1) is 8.18. The third-order valence-corrected chi connectivity index (χ3v) is 3.26. The first-order valence-corrected chi connectivity index (χ1v) is 6.16. The van der Waals surface area contributed by atoms with Crippen LogP contribution in [0.25, 0.3) is 0 Å². The van der Waals surface area contributed by atoms with E-state index in [0.29, 0.717) is 10.6 Å². The molecule has 0 heterocycles. The molecule has 0 aliphatic rings. The molecule has 0 saturated heterocycles. The fourth-order valence-corrected chi connectivity index (χ4v) is 2.00. The van der Waals surface area contributed by atoms with Gasteiger partial charge in [0.05, 0.1) is 16.3 Å². The molecule has 0 spiro atoms. The van der Waals surface area contributed by atoms with E-state index in [2.05, 4.69) is 21.2 Å². The molecule has 1 amide bonds. The molecule has 2 rings (SSSR count). The summed E-state index contributed by atoms with van der Waals surface area (Å²) in [6.07, 6.45) is 0. The van der Waals surface area contributed by atoms with Crippen molar-refractivity contribution < 1.29 is 4.79 Å². The van der Waals surface area contributed by atoms with Crippen molar-refractivity contribution in [3.05, 3.63) is 63.6 Å². The van der Waals surface area contributed by atoms with Gasteiger partial charge in [0.1, 0.15) is 0 Å². The van der Waals surface area contributed by atoms with E-state index in [1.165, 1.54) is 0 Å². The highest BCUT2D eigenvalue weighted by Gasteiger charge is 2.10. The molecule has 0 aliphatic carbocycles. The average molecular weight is 311 g/mol. The number of carbonyl (C=O) groups is 1. The van der Waals surface area contributed by atoms with E-state index in [9.17, 15) is 4.79 Å². The Bertz CT molecular complexity index is 557. The number of amides is 1. The Morgan fingerprint density at radius 3 is 2.41 bits per heavy atom. The molecule has 86 valence electrons. The van der Waals surface area contributed by atoms with Crippen LogP contribution in [0.3, 0.4) is 0 Å². The maximum atomic E-state index is 12.0. The first kappa shape index (κ1) is 12.1. The number of benzene rings is 2. The molecule has 2 aromatic carbocycles. The van der Waals surface area contributed by atoms with Gasteiger partial charge in [0, 0.05) is 4.47 Å². The Morgan fingerprint density at radius 2 is 1.71 bits per heavy atom. The number of rotatable bonds is 2. The normalized spacial score (nSPS) is 10.0. The third-order valence-electron chi connectivity index (χ3n) is 2.24. The van der Waals surface area contributed by atoms with Gasteiger partial charge in [0.25, 0.3) is 5.91 Å². The number of para-hydroxylation sites is 1. The smallest absolute Gasteiger partial charge is 0.257 e. The molecule has 0 saturated carbocycles. The molecule has 17 heavy (non-hydrogen) atoms. The molecule has 0 atom stereocenters. The van der Waals surface area contributed by atoms with Crippen molar-refractivity contribution in [3.8, 4) is 0 Å². The van der Waals surface area contributed by atoms with Crippen LogP contribution < -0.4 is 5.32 Å². The van der Waals surface area contributed by atoms with Crippen LogP contribution in [0.15, 0.2) is 53.0 Å². The lowest BCUT2D eigenvalue weighted by atomic mass is 10.2. The molecule has 2 aromatic rings. The van der Waals surface area contributed by atoms with Crippen molar-refractivity contribution in [2.45, 2.75) is 0 Å². The second-order valence-electron chi connectivity index (χ2n) is 3.41. The number of carbonyl (C=O) groups excluding carboxylic acids is 1. The second-order valence-corrected chi connectivity index (χ2v) is 4.68. The largest absolute Gasteiger partial charge is 0.321 e. The monoisotopic (exact) mass is 309 g/mol. The maximum absolute atomic E-state index is 12.0. The van der Waals surface area contributed by atoms with E-state index in [1.54, 1.807) is 24.3 Å². The Balaban J connectivity index is 2.24. The summed E-state index contributed by atoms with van der Waals surface area (Å²) in [4.78, 5) is 12.0. The van der Waals surface area contributed by atoms with Gasteiger partial charge in [-0.1, -0.05) is 35.9 Å². The fourth-order valence-electron chi connectivity index (χ4n) is 1.40. The first-order valence-electron chi connectivity index (χ1n) is 4.99. The molecule has 0 unspecified atom stereocenters. The zero-order valence-corrected chi connectivity index (χ0v) is 11.1. The van der Waals surface area contributed by atoms with Crippen molar-refractivity contribution in [2.75, 3.05) is 5.32 Å². The summed E-state index contributed by atoms with van der Waals surface area (Å²) in [7, 11) is 0. The standard InChI is InChI=1S/C13H9BrClNO/c14-10-6-2-4-8-12(10)16-13(17)9-5-1-3-7-11(9)15/h1-8H,(H,16,17). The predicted molar refractivity (Wildman–Crippen MR) is 73.5 cm³/mol. The Morgan fingerprint density at radius 1 is 1.06 bits per heavy atom. The fraction of sp³-hybridized carbons (Fsp3) is 0.